The number of carbonyl (C=O) groups is 3. The number of aliphatic carboxylic acids is 2. The molecule has 0 saturated heterocycles. The third-order valence-corrected chi connectivity index (χ3v) is 8.39. The number of benzene rings is 2. The number of aliphatic hydroxyl groups is 1. The molecule has 2 atom stereocenters. The van der Waals surface area contributed by atoms with Crippen LogP contribution in [-0.4, -0.2) is 51.6 Å². The Morgan fingerprint density at radius 1 is 0.829 bits per heavy atom. The van der Waals surface area contributed by atoms with Crippen molar-refractivity contribution in [3.8, 4) is 0 Å². The number of rotatable bonds is 22. The fraction of sp³-hybridized carbons (Fsp3) is 0.545. The number of aryl methyl sites for hydroxylation is 1. The van der Waals surface area contributed by atoms with Gasteiger partial charge in [0, 0.05) is 17.1 Å². The second-order valence-corrected chi connectivity index (χ2v) is 11.8. The van der Waals surface area contributed by atoms with Crippen LogP contribution < -0.4 is 5.32 Å². The van der Waals surface area contributed by atoms with Crippen LogP contribution in [0.3, 0.4) is 0 Å². The molecule has 41 heavy (non-hydrogen) atoms. The first-order valence-corrected chi connectivity index (χ1v) is 15.9. The van der Waals surface area contributed by atoms with Crippen molar-refractivity contribution in [2.45, 2.75) is 101 Å². The molecule has 226 valence electrons. The van der Waals surface area contributed by atoms with E-state index in [9.17, 15) is 19.5 Å². The molecule has 4 N–H and O–H groups in total. The summed E-state index contributed by atoms with van der Waals surface area (Å²) in [5.74, 6) is -2.12. The Bertz CT molecular complexity index is 1060. The summed E-state index contributed by atoms with van der Waals surface area (Å²) in [7, 11) is 0. The predicted molar refractivity (Wildman–Crippen MR) is 164 cm³/mol. The second-order valence-electron chi connectivity index (χ2n) is 10.8. The standard InChI is InChI=1S/C33H47NO6S/c1-2-3-4-5-6-7-11-15-27-19-18-26(21-29(35)16-12-17-31(36)37)22-30(27)41-24-28(33(40)34-23-32(38)39)20-25-13-9-8-10-14-25/h8-10,13-14,18-19,22,28-29,35H,2-7,11-12,15-17,20-21,23-24H2,1H3,(H,34,40)(H,36,37)(H,38,39). The molecule has 2 aromatic rings. The highest BCUT2D eigenvalue weighted by atomic mass is 32.2. The van der Waals surface area contributed by atoms with Crippen molar-refractivity contribution in [2.24, 2.45) is 5.92 Å². The SMILES string of the molecule is CCCCCCCCCc1ccc(CC(O)CCCC(=O)O)cc1SCC(Cc1ccccc1)C(=O)NCC(=O)O. The number of nitrogens with one attached hydrogen (secondary N) is 1. The Kier molecular flexibility index (Phi) is 16.8. The maximum Gasteiger partial charge on any atom is 0.322 e. The van der Waals surface area contributed by atoms with Gasteiger partial charge in [-0.2, -0.15) is 0 Å². The summed E-state index contributed by atoms with van der Waals surface area (Å²) in [4.78, 5) is 35.9. The van der Waals surface area contributed by atoms with Crippen LogP contribution >= 0.6 is 11.8 Å². The summed E-state index contributed by atoms with van der Waals surface area (Å²) in [6.45, 7) is 1.81. The van der Waals surface area contributed by atoms with Crippen molar-refractivity contribution in [1.29, 1.82) is 0 Å². The van der Waals surface area contributed by atoms with Crippen molar-refractivity contribution >= 4 is 29.6 Å². The van der Waals surface area contributed by atoms with E-state index >= 15 is 0 Å². The molecule has 7 nitrogen and oxygen atoms in total. The van der Waals surface area contributed by atoms with E-state index in [-0.39, 0.29) is 12.3 Å². The maximum atomic E-state index is 13.0. The first kappa shape index (κ1) is 34.4. The van der Waals surface area contributed by atoms with Gasteiger partial charge in [0.05, 0.1) is 12.0 Å². The molecule has 0 heterocycles. The Morgan fingerprint density at radius 3 is 2.22 bits per heavy atom. The lowest BCUT2D eigenvalue weighted by molar-refractivity contribution is -0.138. The van der Waals surface area contributed by atoms with Crippen LogP contribution in [0.25, 0.3) is 0 Å². The van der Waals surface area contributed by atoms with Crippen LogP contribution in [0.1, 0.15) is 87.8 Å². The third-order valence-electron chi connectivity index (χ3n) is 7.13. The summed E-state index contributed by atoms with van der Waals surface area (Å²) < 4.78 is 0. The van der Waals surface area contributed by atoms with Crippen molar-refractivity contribution in [3.63, 3.8) is 0 Å². The summed E-state index contributed by atoms with van der Waals surface area (Å²) in [5.41, 5.74) is 3.22. The number of aliphatic hydroxyl groups excluding tert-OH is 1. The molecule has 0 bridgehead atoms. The molecule has 8 heteroatoms. The van der Waals surface area contributed by atoms with Crippen molar-refractivity contribution in [1.82, 2.24) is 5.32 Å². The summed E-state index contributed by atoms with van der Waals surface area (Å²) >= 11 is 1.61. The van der Waals surface area contributed by atoms with Crippen LogP contribution in [0.5, 0.6) is 0 Å². The lowest BCUT2D eigenvalue weighted by Crippen LogP contribution is -2.36. The number of hydrogen-bond donors (Lipinski definition) is 4. The molecule has 0 aliphatic rings. The molecule has 0 radical (unpaired) electrons. The fourth-order valence-electron chi connectivity index (χ4n) is 4.83. The third kappa shape index (κ3) is 15.1. The highest BCUT2D eigenvalue weighted by Crippen LogP contribution is 2.30. The number of carbonyl (C=O) groups excluding carboxylic acids is 1. The average molecular weight is 586 g/mol. The van der Waals surface area contributed by atoms with E-state index in [1.807, 2.05) is 36.4 Å². The zero-order chi connectivity index (χ0) is 29.9. The van der Waals surface area contributed by atoms with E-state index in [0.29, 0.717) is 31.4 Å². The fourth-order valence-corrected chi connectivity index (χ4v) is 6.07. The minimum atomic E-state index is -1.07. The number of amides is 1. The van der Waals surface area contributed by atoms with Gasteiger partial charge in [-0.05, 0) is 61.3 Å². The molecule has 0 aliphatic carbocycles. The normalized spacial score (nSPS) is 12.5. The number of unbranched alkanes of at least 4 members (excludes halogenated alkanes) is 6. The van der Waals surface area contributed by atoms with Gasteiger partial charge >= 0.3 is 11.9 Å². The summed E-state index contributed by atoms with van der Waals surface area (Å²) in [6.07, 6.45) is 10.7. The smallest absolute Gasteiger partial charge is 0.322 e. The van der Waals surface area contributed by atoms with Crippen molar-refractivity contribution < 1.29 is 29.7 Å². The van der Waals surface area contributed by atoms with E-state index < -0.39 is 30.5 Å². The predicted octanol–water partition coefficient (Wildman–Crippen LogP) is 6.29. The second kappa shape index (κ2) is 20.1. The Labute approximate surface area is 249 Å². The van der Waals surface area contributed by atoms with Crippen LogP contribution in [0.15, 0.2) is 53.4 Å². The molecule has 2 rings (SSSR count). The molecule has 0 saturated carbocycles. The molecule has 0 spiro atoms. The quantitative estimate of drug-likeness (QED) is 0.0946. The monoisotopic (exact) mass is 585 g/mol. The first-order chi connectivity index (χ1) is 19.8. The minimum Gasteiger partial charge on any atom is -0.481 e. The molecule has 0 aliphatic heterocycles. The zero-order valence-corrected chi connectivity index (χ0v) is 25.2. The topological polar surface area (TPSA) is 124 Å². The van der Waals surface area contributed by atoms with E-state index in [4.69, 9.17) is 10.2 Å². The number of carboxylic acid groups (broad SMARTS) is 2. The average Bonchev–Trinajstić information content (AvgIpc) is 2.94. The van der Waals surface area contributed by atoms with Crippen molar-refractivity contribution in [2.75, 3.05) is 12.3 Å². The van der Waals surface area contributed by atoms with Crippen molar-refractivity contribution in [3.05, 3.63) is 65.2 Å². The highest BCUT2D eigenvalue weighted by molar-refractivity contribution is 7.99. The molecule has 2 aromatic carbocycles. The van der Waals surface area contributed by atoms with Gasteiger partial charge < -0.3 is 20.6 Å². The van der Waals surface area contributed by atoms with Gasteiger partial charge in [0.2, 0.25) is 5.91 Å². The Morgan fingerprint density at radius 2 is 1.54 bits per heavy atom. The summed E-state index contributed by atoms with van der Waals surface area (Å²) in [5, 5.41) is 31.0. The molecule has 0 fully saturated rings. The molecular formula is C33H47NO6S. The van der Waals surface area contributed by atoms with Crippen LogP contribution in [0.2, 0.25) is 0 Å². The lowest BCUT2D eigenvalue weighted by atomic mass is 9.99. The highest BCUT2D eigenvalue weighted by Gasteiger charge is 2.21. The van der Waals surface area contributed by atoms with Gasteiger partial charge in [0.25, 0.3) is 0 Å². The summed E-state index contributed by atoms with van der Waals surface area (Å²) in [6, 6.07) is 16.0. The van der Waals surface area contributed by atoms with Gasteiger partial charge in [-0.1, -0.05) is 87.9 Å². The Balaban J connectivity index is 2.13. The zero-order valence-electron chi connectivity index (χ0n) is 24.4. The Hall–Kier alpha value is -2.84. The van der Waals surface area contributed by atoms with Gasteiger partial charge in [0.1, 0.15) is 6.54 Å². The van der Waals surface area contributed by atoms with E-state index in [1.54, 1.807) is 11.8 Å². The van der Waals surface area contributed by atoms with Crippen LogP contribution in [0, 0.1) is 5.92 Å². The van der Waals surface area contributed by atoms with E-state index in [0.717, 1.165) is 28.9 Å². The van der Waals surface area contributed by atoms with Gasteiger partial charge in [-0.15, -0.1) is 11.8 Å². The van der Waals surface area contributed by atoms with Gasteiger partial charge in [-0.3, -0.25) is 14.4 Å². The van der Waals surface area contributed by atoms with Gasteiger partial charge in [-0.25, -0.2) is 0 Å². The lowest BCUT2D eigenvalue weighted by Gasteiger charge is -2.18. The molecule has 0 aromatic heterocycles. The largest absolute Gasteiger partial charge is 0.481 e. The number of carboxylic acids is 2. The maximum absolute atomic E-state index is 13.0. The molecule has 1 amide bonds. The first-order valence-electron chi connectivity index (χ1n) is 15.0. The number of hydrogen-bond acceptors (Lipinski definition) is 5. The van der Waals surface area contributed by atoms with Crippen LogP contribution in [-0.2, 0) is 33.6 Å². The van der Waals surface area contributed by atoms with E-state index in [2.05, 4.69) is 24.4 Å². The van der Waals surface area contributed by atoms with Crippen LogP contribution in [0.4, 0.5) is 0 Å². The van der Waals surface area contributed by atoms with E-state index in [1.165, 1.54) is 44.1 Å². The molecular weight excluding hydrogens is 538 g/mol. The molecule has 2 unspecified atom stereocenters. The minimum absolute atomic E-state index is 0.0439. The number of thioether (sulfide) groups is 1. The van der Waals surface area contributed by atoms with Gasteiger partial charge in [0.15, 0.2) is 0 Å².